The molecule has 17 heavy (non-hydrogen) atoms. The van der Waals surface area contributed by atoms with Crippen LogP contribution in [0, 0.1) is 0 Å². The molecule has 2 aromatic heterocycles. The van der Waals surface area contributed by atoms with E-state index in [1.54, 1.807) is 17.6 Å². The number of ketones is 1. The zero-order chi connectivity index (χ0) is 11.8. The average Bonchev–Trinajstić information content (AvgIpc) is 2.97. The molecule has 0 saturated carbocycles. The molecule has 1 aliphatic rings. The first-order valence-electron chi connectivity index (χ1n) is 5.99. The summed E-state index contributed by atoms with van der Waals surface area (Å²) < 4.78 is 1.80. The van der Waals surface area contributed by atoms with Crippen LogP contribution in [0.2, 0.25) is 0 Å². The zero-order valence-electron chi connectivity index (χ0n) is 9.89. The van der Waals surface area contributed by atoms with Gasteiger partial charge >= 0.3 is 0 Å². The summed E-state index contributed by atoms with van der Waals surface area (Å²) in [4.78, 5) is 13.8. The summed E-state index contributed by atoms with van der Waals surface area (Å²) in [7, 11) is 0. The zero-order valence-corrected chi connectivity index (χ0v) is 9.89. The highest BCUT2D eigenvalue weighted by Gasteiger charge is 2.14. The minimum Gasteiger partial charge on any atom is -0.370 e. The lowest BCUT2D eigenvalue weighted by Gasteiger charge is -2.17. The molecule has 88 valence electrons. The number of carbonyl (C=O) groups excluding carboxylic acids is 1. The molecule has 1 saturated heterocycles. The van der Waals surface area contributed by atoms with Crippen LogP contribution in [-0.4, -0.2) is 28.5 Å². The van der Waals surface area contributed by atoms with Crippen molar-refractivity contribution < 1.29 is 4.79 Å². The second-order valence-corrected chi connectivity index (χ2v) is 4.53. The SMILES string of the molecule is CC(=O)c1cnn2cc(N3CCCC3)ccc12. The molecular weight excluding hydrogens is 214 g/mol. The predicted octanol–water partition coefficient (Wildman–Crippen LogP) is 2.14. The number of pyridine rings is 1. The van der Waals surface area contributed by atoms with Gasteiger partial charge in [-0.1, -0.05) is 0 Å². The van der Waals surface area contributed by atoms with Crippen LogP contribution in [-0.2, 0) is 0 Å². The van der Waals surface area contributed by atoms with Crippen LogP contribution in [0.1, 0.15) is 30.1 Å². The lowest BCUT2D eigenvalue weighted by Crippen LogP contribution is -2.17. The lowest BCUT2D eigenvalue weighted by molar-refractivity contribution is 0.101. The van der Waals surface area contributed by atoms with Gasteiger partial charge in [0.2, 0.25) is 0 Å². The van der Waals surface area contributed by atoms with Gasteiger partial charge in [-0.15, -0.1) is 0 Å². The van der Waals surface area contributed by atoms with Gasteiger partial charge in [0.25, 0.3) is 0 Å². The first-order chi connectivity index (χ1) is 8.25. The molecule has 0 unspecified atom stereocenters. The predicted molar refractivity (Wildman–Crippen MR) is 66.6 cm³/mol. The Hall–Kier alpha value is -1.84. The molecule has 2 aromatic rings. The van der Waals surface area contributed by atoms with Crippen LogP contribution in [0.5, 0.6) is 0 Å². The smallest absolute Gasteiger partial charge is 0.163 e. The van der Waals surface area contributed by atoms with Crippen molar-refractivity contribution >= 4 is 17.0 Å². The van der Waals surface area contributed by atoms with E-state index in [0.29, 0.717) is 5.56 Å². The van der Waals surface area contributed by atoms with Crippen LogP contribution in [0.3, 0.4) is 0 Å². The molecule has 3 heterocycles. The highest BCUT2D eigenvalue weighted by molar-refractivity contribution is 6.00. The quantitative estimate of drug-likeness (QED) is 0.740. The molecule has 4 heteroatoms. The van der Waals surface area contributed by atoms with Gasteiger partial charge in [0, 0.05) is 13.1 Å². The molecule has 0 aromatic carbocycles. The van der Waals surface area contributed by atoms with Crippen molar-refractivity contribution in [1.29, 1.82) is 0 Å². The van der Waals surface area contributed by atoms with Gasteiger partial charge in [-0.2, -0.15) is 5.10 Å². The van der Waals surface area contributed by atoms with E-state index in [9.17, 15) is 4.79 Å². The van der Waals surface area contributed by atoms with Gasteiger partial charge in [-0.05, 0) is 31.9 Å². The number of Topliss-reactive ketones (excluding diaryl/α,β-unsaturated/α-hetero) is 1. The van der Waals surface area contributed by atoms with Crippen LogP contribution < -0.4 is 4.90 Å². The first-order valence-corrected chi connectivity index (χ1v) is 5.99. The second-order valence-electron chi connectivity index (χ2n) is 4.53. The van der Waals surface area contributed by atoms with Crippen molar-refractivity contribution in [2.75, 3.05) is 18.0 Å². The molecule has 0 spiro atoms. The van der Waals surface area contributed by atoms with Gasteiger partial charge in [-0.25, -0.2) is 4.52 Å². The van der Waals surface area contributed by atoms with Crippen molar-refractivity contribution in [3.8, 4) is 0 Å². The summed E-state index contributed by atoms with van der Waals surface area (Å²) >= 11 is 0. The Morgan fingerprint density at radius 3 is 2.76 bits per heavy atom. The number of carbonyl (C=O) groups is 1. The number of hydrogen-bond donors (Lipinski definition) is 0. The van der Waals surface area contributed by atoms with E-state index in [-0.39, 0.29) is 5.78 Å². The highest BCUT2D eigenvalue weighted by atomic mass is 16.1. The summed E-state index contributed by atoms with van der Waals surface area (Å²) in [6.45, 7) is 3.81. The van der Waals surface area contributed by atoms with Crippen molar-refractivity contribution in [2.45, 2.75) is 19.8 Å². The number of rotatable bonds is 2. The molecule has 0 bridgehead atoms. The lowest BCUT2D eigenvalue weighted by atomic mass is 10.2. The Labute approximate surface area is 99.8 Å². The maximum atomic E-state index is 11.4. The van der Waals surface area contributed by atoms with Crippen LogP contribution in [0.4, 0.5) is 5.69 Å². The molecule has 0 radical (unpaired) electrons. The maximum Gasteiger partial charge on any atom is 0.163 e. The minimum absolute atomic E-state index is 0.0638. The normalized spacial score (nSPS) is 15.7. The van der Waals surface area contributed by atoms with Crippen LogP contribution in [0.15, 0.2) is 24.5 Å². The van der Waals surface area contributed by atoms with Gasteiger partial charge in [0.05, 0.1) is 29.2 Å². The third kappa shape index (κ3) is 1.69. The molecule has 0 N–H and O–H groups in total. The second kappa shape index (κ2) is 3.87. The maximum absolute atomic E-state index is 11.4. The van der Waals surface area contributed by atoms with E-state index in [4.69, 9.17) is 0 Å². The van der Waals surface area contributed by atoms with E-state index >= 15 is 0 Å². The fourth-order valence-corrected chi connectivity index (χ4v) is 2.41. The Morgan fingerprint density at radius 2 is 2.06 bits per heavy atom. The Kier molecular flexibility index (Phi) is 2.35. The molecule has 0 atom stereocenters. The number of anilines is 1. The third-order valence-electron chi connectivity index (χ3n) is 3.35. The fourth-order valence-electron chi connectivity index (χ4n) is 2.41. The van der Waals surface area contributed by atoms with Gasteiger partial charge < -0.3 is 4.90 Å². The first kappa shape index (κ1) is 10.3. The Morgan fingerprint density at radius 1 is 1.29 bits per heavy atom. The number of hydrogen-bond acceptors (Lipinski definition) is 3. The van der Waals surface area contributed by atoms with Crippen molar-refractivity contribution in [3.05, 3.63) is 30.1 Å². The van der Waals surface area contributed by atoms with E-state index in [2.05, 4.69) is 16.1 Å². The van der Waals surface area contributed by atoms with E-state index in [1.165, 1.54) is 18.5 Å². The number of aromatic nitrogens is 2. The van der Waals surface area contributed by atoms with Crippen LogP contribution in [0.25, 0.3) is 5.52 Å². The highest BCUT2D eigenvalue weighted by Crippen LogP contribution is 2.22. The minimum atomic E-state index is 0.0638. The molecule has 3 rings (SSSR count). The van der Waals surface area contributed by atoms with E-state index < -0.39 is 0 Å². The Bertz CT molecular complexity index is 567. The van der Waals surface area contributed by atoms with Gasteiger partial charge in [-0.3, -0.25) is 4.79 Å². The molecule has 1 fully saturated rings. The van der Waals surface area contributed by atoms with Crippen molar-refractivity contribution in [1.82, 2.24) is 9.61 Å². The summed E-state index contributed by atoms with van der Waals surface area (Å²) in [5.74, 6) is 0.0638. The summed E-state index contributed by atoms with van der Waals surface area (Å²) in [6.07, 6.45) is 6.17. The van der Waals surface area contributed by atoms with Crippen molar-refractivity contribution in [2.24, 2.45) is 0 Å². The Balaban J connectivity index is 2.05. The molecule has 0 aliphatic carbocycles. The van der Waals surface area contributed by atoms with E-state index in [1.807, 2.05) is 12.3 Å². The summed E-state index contributed by atoms with van der Waals surface area (Å²) in [6, 6.07) is 4.06. The number of nitrogens with zero attached hydrogens (tertiary/aromatic N) is 3. The summed E-state index contributed by atoms with van der Waals surface area (Å²) in [5, 5.41) is 4.24. The molecule has 4 nitrogen and oxygen atoms in total. The van der Waals surface area contributed by atoms with Gasteiger partial charge in [0.15, 0.2) is 5.78 Å². The van der Waals surface area contributed by atoms with Crippen LogP contribution >= 0.6 is 0 Å². The van der Waals surface area contributed by atoms with Gasteiger partial charge in [0.1, 0.15) is 0 Å². The largest absolute Gasteiger partial charge is 0.370 e. The molecular formula is C13H15N3O. The third-order valence-corrected chi connectivity index (χ3v) is 3.35. The molecule has 1 aliphatic heterocycles. The van der Waals surface area contributed by atoms with Crippen molar-refractivity contribution in [3.63, 3.8) is 0 Å². The molecule has 0 amide bonds. The summed E-state index contributed by atoms with van der Waals surface area (Å²) in [5.41, 5.74) is 2.77. The topological polar surface area (TPSA) is 37.6 Å². The fraction of sp³-hybridized carbons (Fsp3) is 0.385. The average molecular weight is 229 g/mol. The van der Waals surface area contributed by atoms with E-state index in [0.717, 1.165) is 18.6 Å². The number of fused-ring (bicyclic) bond motifs is 1. The standard InChI is InChI=1S/C13H15N3O/c1-10(17)12-8-14-16-9-11(4-5-13(12)16)15-6-2-3-7-15/h4-5,8-9H,2-3,6-7H2,1H3. The monoisotopic (exact) mass is 229 g/mol.